The lowest BCUT2D eigenvalue weighted by molar-refractivity contribution is -0.190. The van der Waals surface area contributed by atoms with Crippen LogP contribution in [-0.4, -0.2) is 56.4 Å². The zero-order valence-corrected chi connectivity index (χ0v) is 15.8. The molecule has 0 aromatic rings. The number of allylic oxidation sites excluding steroid dienone is 4. The average Bonchev–Trinajstić information content (AvgIpc) is 2.82. The van der Waals surface area contributed by atoms with Gasteiger partial charge in [0.1, 0.15) is 6.61 Å². The molecule has 0 spiro atoms. The summed E-state index contributed by atoms with van der Waals surface area (Å²) in [5.74, 6) is -1.09. The van der Waals surface area contributed by atoms with Gasteiger partial charge in [0.2, 0.25) is 0 Å². The van der Waals surface area contributed by atoms with E-state index in [1.165, 1.54) is 0 Å². The van der Waals surface area contributed by atoms with E-state index in [-0.39, 0.29) is 36.4 Å². The standard InChI is InChI=1S/C21H28O6/c1-19-6-5-12(23)7-11(19)3-4-13-14-8-16(25)21(27,17(26)10-22)20(14,2)9-15(24)18(13)19/h5-7,13-16,18,22,24-25,27H,3-4,8-10H2,1-2H3/t13?,14?,15-,16?,18?,19?,20?,21?/m0/s1. The summed E-state index contributed by atoms with van der Waals surface area (Å²) in [6, 6.07) is 0. The van der Waals surface area contributed by atoms with Crippen LogP contribution in [0.4, 0.5) is 0 Å². The molecule has 4 rings (SSSR count). The van der Waals surface area contributed by atoms with Gasteiger partial charge >= 0.3 is 0 Å². The van der Waals surface area contributed by atoms with Crippen LogP contribution in [0.5, 0.6) is 0 Å². The van der Waals surface area contributed by atoms with Crippen LogP contribution in [-0.2, 0) is 9.59 Å². The summed E-state index contributed by atoms with van der Waals surface area (Å²) in [7, 11) is 0. The van der Waals surface area contributed by atoms with Crippen molar-refractivity contribution in [2.24, 2.45) is 28.6 Å². The van der Waals surface area contributed by atoms with E-state index in [9.17, 15) is 30.0 Å². The Balaban J connectivity index is 1.78. The molecule has 4 aliphatic carbocycles. The van der Waals surface area contributed by atoms with E-state index in [0.29, 0.717) is 0 Å². The molecule has 0 aromatic carbocycles. The number of aliphatic hydroxyl groups is 4. The molecule has 0 bridgehead atoms. The molecule has 0 aliphatic heterocycles. The van der Waals surface area contributed by atoms with Gasteiger partial charge in [-0.25, -0.2) is 0 Å². The first-order valence-corrected chi connectivity index (χ1v) is 9.76. The highest BCUT2D eigenvalue weighted by atomic mass is 16.4. The Hall–Kier alpha value is -1.34. The van der Waals surface area contributed by atoms with Crippen LogP contribution in [0.25, 0.3) is 0 Å². The zero-order chi connectivity index (χ0) is 19.8. The summed E-state index contributed by atoms with van der Waals surface area (Å²) in [4.78, 5) is 24.2. The summed E-state index contributed by atoms with van der Waals surface area (Å²) in [6.45, 7) is 2.96. The Bertz CT molecular complexity index is 756. The first-order valence-electron chi connectivity index (χ1n) is 9.76. The lowest BCUT2D eigenvalue weighted by Gasteiger charge is -2.59. The van der Waals surface area contributed by atoms with Gasteiger partial charge in [-0.05, 0) is 49.7 Å². The Morgan fingerprint density at radius 2 is 2.00 bits per heavy atom. The molecule has 0 amide bonds. The lowest BCUT2D eigenvalue weighted by atomic mass is 9.46. The third-order valence-corrected chi connectivity index (χ3v) is 8.28. The predicted octanol–water partition coefficient (Wildman–Crippen LogP) is 0.528. The summed E-state index contributed by atoms with van der Waals surface area (Å²) < 4.78 is 0. The van der Waals surface area contributed by atoms with Gasteiger partial charge in [0.25, 0.3) is 0 Å². The number of carbonyl (C=O) groups excluding carboxylic acids is 2. The van der Waals surface area contributed by atoms with Gasteiger partial charge in [-0.15, -0.1) is 0 Å². The molecule has 0 aromatic heterocycles. The largest absolute Gasteiger partial charge is 0.393 e. The first-order chi connectivity index (χ1) is 12.6. The maximum absolute atomic E-state index is 12.4. The molecular formula is C21H28O6. The van der Waals surface area contributed by atoms with Crippen molar-refractivity contribution in [2.45, 2.75) is 57.3 Å². The number of hydrogen-bond donors (Lipinski definition) is 4. The van der Waals surface area contributed by atoms with Gasteiger partial charge < -0.3 is 20.4 Å². The van der Waals surface area contributed by atoms with E-state index in [2.05, 4.69) is 0 Å². The minimum absolute atomic E-state index is 0.00826. The molecule has 0 radical (unpaired) electrons. The normalized spacial score (nSPS) is 51.3. The van der Waals surface area contributed by atoms with Crippen molar-refractivity contribution in [3.8, 4) is 0 Å². The third kappa shape index (κ3) is 2.21. The predicted molar refractivity (Wildman–Crippen MR) is 96.4 cm³/mol. The molecule has 8 atom stereocenters. The summed E-state index contributed by atoms with van der Waals surface area (Å²) >= 11 is 0. The number of ketones is 2. The van der Waals surface area contributed by atoms with E-state index in [0.717, 1.165) is 18.4 Å². The maximum atomic E-state index is 12.4. The zero-order valence-electron chi connectivity index (χ0n) is 15.8. The summed E-state index contributed by atoms with van der Waals surface area (Å²) in [5, 5.41) is 42.3. The van der Waals surface area contributed by atoms with Crippen LogP contribution in [0.2, 0.25) is 0 Å². The Morgan fingerprint density at radius 1 is 1.30 bits per heavy atom. The molecule has 3 saturated carbocycles. The lowest BCUT2D eigenvalue weighted by Crippen LogP contribution is -2.63. The smallest absolute Gasteiger partial charge is 0.192 e. The van der Waals surface area contributed by atoms with E-state index in [4.69, 9.17) is 0 Å². The fraction of sp³-hybridized carbons (Fsp3) is 0.714. The SMILES string of the molecule is CC12C=CC(=O)C=C1CCC1C2[C@@H](O)CC2(C)C1CC(O)C2(O)C(=O)CO. The van der Waals surface area contributed by atoms with Gasteiger partial charge in [-0.2, -0.15) is 0 Å². The highest BCUT2D eigenvalue weighted by Crippen LogP contribution is 2.67. The fourth-order valence-corrected chi connectivity index (χ4v) is 6.96. The summed E-state index contributed by atoms with van der Waals surface area (Å²) in [6.07, 6.45) is 4.97. The third-order valence-electron chi connectivity index (χ3n) is 8.28. The monoisotopic (exact) mass is 376 g/mol. The topological polar surface area (TPSA) is 115 Å². The Labute approximate surface area is 158 Å². The highest BCUT2D eigenvalue weighted by Gasteiger charge is 2.71. The van der Waals surface area contributed by atoms with Crippen molar-refractivity contribution in [1.82, 2.24) is 0 Å². The van der Waals surface area contributed by atoms with Gasteiger partial charge in [-0.1, -0.05) is 25.5 Å². The molecule has 3 fully saturated rings. The summed E-state index contributed by atoms with van der Waals surface area (Å²) in [5.41, 5.74) is -2.46. The van der Waals surface area contributed by atoms with Gasteiger partial charge in [-0.3, -0.25) is 9.59 Å². The van der Waals surface area contributed by atoms with Crippen molar-refractivity contribution >= 4 is 11.6 Å². The van der Waals surface area contributed by atoms with Crippen molar-refractivity contribution < 1.29 is 30.0 Å². The van der Waals surface area contributed by atoms with E-state index >= 15 is 0 Å². The molecular weight excluding hydrogens is 348 g/mol. The highest BCUT2D eigenvalue weighted by molar-refractivity contribution is 6.01. The number of carbonyl (C=O) groups is 2. The second-order valence-corrected chi connectivity index (χ2v) is 9.31. The number of rotatable bonds is 2. The number of aliphatic hydroxyl groups excluding tert-OH is 3. The second-order valence-electron chi connectivity index (χ2n) is 9.31. The molecule has 4 N–H and O–H groups in total. The molecule has 148 valence electrons. The molecule has 0 heterocycles. The minimum Gasteiger partial charge on any atom is -0.393 e. The fourth-order valence-electron chi connectivity index (χ4n) is 6.96. The van der Waals surface area contributed by atoms with E-state index in [1.807, 2.05) is 13.0 Å². The van der Waals surface area contributed by atoms with Crippen LogP contribution in [0.1, 0.15) is 39.5 Å². The van der Waals surface area contributed by atoms with E-state index in [1.54, 1.807) is 19.1 Å². The molecule has 7 unspecified atom stereocenters. The first kappa shape index (κ1) is 19.0. The van der Waals surface area contributed by atoms with Gasteiger partial charge in [0.05, 0.1) is 12.2 Å². The van der Waals surface area contributed by atoms with Crippen LogP contribution < -0.4 is 0 Å². The quantitative estimate of drug-likeness (QED) is 0.559. The van der Waals surface area contributed by atoms with Crippen LogP contribution >= 0.6 is 0 Å². The number of fused-ring (bicyclic) bond motifs is 5. The minimum atomic E-state index is -2.05. The molecule has 4 aliphatic rings. The number of hydrogen-bond acceptors (Lipinski definition) is 6. The van der Waals surface area contributed by atoms with Gasteiger partial charge in [0.15, 0.2) is 17.2 Å². The number of Topliss-reactive ketones (excluding diaryl/α,β-unsaturated/α-hetero) is 1. The van der Waals surface area contributed by atoms with Crippen molar-refractivity contribution in [2.75, 3.05) is 6.61 Å². The van der Waals surface area contributed by atoms with Gasteiger partial charge in [0, 0.05) is 16.7 Å². The maximum Gasteiger partial charge on any atom is 0.192 e. The van der Waals surface area contributed by atoms with Crippen molar-refractivity contribution in [3.63, 3.8) is 0 Å². The molecule has 6 heteroatoms. The Morgan fingerprint density at radius 3 is 2.67 bits per heavy atom. The molecule has 6 nitrogen and oxygen atoms in total. The second kappa shape index (κ2) is 5.83. The van der Waals surface area contributed by atoms with Crippen LogP contribution in [0.3, 0.4) is 0 Å². The molecule has 27 heavy (non-hydrogen) atoms. The van der Waals surface area contributed by atoms with Crippen molar-refractivity contribution in [3.05, 3.63) is 23.8 Å². The van der Waals surface area contributed by atoms with Crippen LogP contribution in [0, 0.1) is 28.6 Å². The average molecular weight is 376 g/mol. The van der Waals surface area contributed by atoms with Crippen LogP contribution in [0.15, 0.2) is 23.8 Å². The van der Waals surface area contributed by atoms with E-state index < -0.39 is 41.0 Å². The molecule has 0 saturated heterocycles. The van der Waals surface area contributed by atoms with Crippen molar-refractivity contribution in [1.29, 1.82) is 0 Å². The Kier molecular flexibility index (Phi) is 4.10.